The number of hydrogen-bond donors (Lipinski definition) is 1. The van der Waals surface area contributed by atoms with Crippen LogP contribution in [0.3, 0.4) is 0 Å². The zero-order chi connectivity index (χ0) is 12.1. The summed E-state index contributed by atoms with van der Waals surface area (Å²) in [5.74, 6) is 1.88. The van der Waals surface area contributed by atoms with Crippen LogP contribution in [0.2, 0.25) is 0 Å². The first kappa shape index (κ1) is 13.6. The van der Waals surface area contributed by atoms with E-state index in [9.17, 15) is 0 Å². The highest BCUT2D eigenvalue weighted by atomic mass is 32.2. The summed E-state index contributed by atoms with van der Waals surface area (Å²) in [6.45, 7) is 8.77. The standard InChI is InChI=1S/C14H23NS/c1-5-13(15)12-8-11(4)6-7-14(12)16-9-10(2)3/h6-8,10,13H,5,9,15H2,1-4H3. The van der Waals surface area contributed by atoms with Gasteiger partial charge in [0.2, 0.25) is 0 Å². The molecule has 0 bridgehead atoms. The summed E-state index contributed by atoms with van der Waals surface area (Å²) >= 11 is 1.93. The zero-order valence-electron chi connectivity index (χ0n) is 10.8. The van der Waals surface area contributed by atoms with Crippen molar-refractivity contribution in [2.75, 3.05) is 5.75 Å². The van der Waals surface area contributed by atoms with Crippen molar-refractivity contribution >= 4 is 11.8 Å². The van der Waals surface area contributed by atoms with E-state index in [1.807, 2.05) is 11.8 Å². The smallest absolute Gasteiger partial charge is 0.0303 e. The molecule has 16 heavy (non-hydrogen) atoms. The van der Waals surface area contributed by atoms with Crippen molar-refractivity contribution in [3.8, 4) is 0 Å². The Balaban J connectivity index is 2.89. The van der Waals surface area contributed by atoms with Gasteiger partial charge in [0.1, 0.15) is 0 Å². The van der Waals surface area contributed by atoms with Crippen LogP contribution in [0.15, 0.2) is 23.1 Å². The second-order valence-electron chi connectivity index (χ2n) is 4.76. The van der Waals surface area contributed by atoms with Gasteiger partial charge in [-0.1, -0.05) is 38.5 Å². The van der Waals surface area contributed by atoms with Gasteiger partial charge in [0.15, 0.2) is 0 Å². The van der Waals surface area contributed by atoms with E-state index in [1.165, 1.54) is 16.0 Å². The molecule has 0 saturated carbocycles. The lowest BCUT2D eigenvalue weighted by molar-refractivity contribution is 0.684. The van der Waals surface area contributed by atoms with Crippen LogP contribution in [-0.4, -0.2) is 5.75 Å². The topological polar surface area (TPSA) is 26.0 Å². The van der Waals surface area contributed by atoms with Gasteiger partial charge in [-0.15, -0.1) is 11.8 Å². The number of aryl methyl sites for hydroxylation is 1. The van der Waals surface area contributed by atoms with E-state index in [-0.39, 0.29) is 6.04 Å². The van der Waals surface area contributed by atoms with Gasteiger partial charge in [0.05, 0.1) is 0 Å². The summed E-state index contributed by atoms with van der Waals surface area (Å²) < 4.78 is 0. The Morgan fingerprint density at radius 3 is 2.56 bits per heavy atom. The van der Waals surface area contributed by atoms with Gasteiger partial charge in [0.25, 0.3) is 0 Å². The number of rotatable bonds is 5. The van der Waals surface area contributed by atoms with Gasteiger partial charge in [-0.3, -0.25) is 0 Å². The first-order chi connectivity index (χ1) is 7.54. The fourth-order valence-corrected chi connectivity index (χ4v) is 2.62. The third kappa shape index (κ3) is 3.84. The average molecular weight is 237 g/mol. The van der Waals surface area contributed by atoms with Gasteiger partial charge in [-0.05, 0) is 30.9 Å². The van der Waals surface area contributed by atoms with Crippen LogP contribution in [0.4, 0.5) is 0 Å². The average Bonchev–Trinajstić information content (AvgIpc) is 2.26. The van der Waals surface area contributed by atoms with Crippen molar-refractivity contribution in [3.63, 3.8) is 0 Å². The Bertz CT molecular complexity index is 334. The molecule has 90 valence electrons. The van der Waals surface area contributed by atoms with Gasteiger partial charge in [-0.2, -0.15) is 0 Å². The van der Waals surface area contributed by atoms with Gasteiger partial charge in [-0.25, -0.2) is 0 Å². The first-order valence-electron chi connectivity index (χ1n) is 6.03. The molecule has 0 radical (unpaired) electrons. The molecule has 1 atom stereocenters. The summed E-state index contributed by atoms with van der Waals surface area (Å²) in [7, 11) is 0. The molecule has 2 N–H and O–H groups in total. The lowest BCUT2D eigenvalue weighted by Crippen LogP contribution is -2.10. The third-order valence-electron chi connectivity index (χ3n) is 2.58. The molecule has 0 spiro atoms. The molecule has 1 aromatic rings. The van der Waals surface area contributed by atoms with Crippen LogP contribution in [0.1, 0.15) is 44.4 Å². The fourth-order valence-electron chi connectivity index (χ4n) is 1.57. The lowest BCUT2D eigenvalue weighted by Gasteiger charge is -2.16. The van der Waals surface area contributed by atoms with Crippen molar-refractivity contribution < 1.29 is 0 Å². The van der Waals surface area contributed by atoms with Crippen LogP contribution in [0.25, 0.3) is 0 Å². The molecule has 1 rings (SSSR count). The summed E-state index contributed by atoms with van der Waals surface area (Å²) in [5, 5.41) is 0. The number of hydrogen-bond acceptors (Lipinski definition) is 2. The molecule has 1 aromatic carbocycles. The predicted octanol–water partition coefficient (Wildman–Crippen LogP) is 4.15. The van der Waals surface area contributed by atoms with Crippen molar-refractivity contribution in [1.29, 1.82) is 0 Å². The molecule has 0 aromatic heterocycles. The first-order valence-corrected chi connectivity index (χ1v) is 7.02. The van der Waals surface area contributed by atoms with Crippen molar-refractivity contribution in [3.05, 3.63) is 29.3 Å². The second kappa shape index (κ2) is 6.31. The normalized spacial score (nSPS) is 13.1. The third-order valence-corrected chi connectivity index (χ3v) is 4.09. The molecule has 0 aliphatic heterocycles. The van der Waals surface area contributed by atoms with Crippen LogP contribution in [0.5, 0.6) is 0 Å². The molecule has 0 heterocycles. The number of benzene rings is 1. The zero-order valence-corrected chi connectivity index (χ0v) is 11.6. The molecule has 2 heteroatoms. The van der Waals surface area contributed by atoms with E-state index >= 15 is 0 Å². The molecule has 0 saturated heterocycles. The summed E-state index contributed by atoms with van der Waals surface area (Å²) in [5.41, 5.74) is 8.77. The maximum Gasteiger partial charge on any atom is 0.0303 e. The molecule has 1 nitrogen and oxygen atoms in total. The summed E-state index contributed by atoms with van der Waals surface area (Å²) in [4.78, 5) is 1.36. The van der Waals surface area contributed by atoms with Crippen LogP contribution in [0, 0.1) is 12.8 Å². The fraction of sp³-hybridized carbons (Fsp3) is 0.571. The number of thioether (sulfide) groups is 1. The predicted molar refractivity (Wildman–Crippen MR) is 74.0 cm³/mol. The van der Waals surface area contributed by atoms with Gasteiger partial charge in [0, 0.05) is 16.7 Å². The van der Waals surface area contributed by atoms with Crippen LogP contribution < -0.4 is 5.73 Å². The minimum Gasteiger partial charge on any atom is -0.324 e. The van der Waals surface area contributed by atoms with Crippen molar-refractivity contribution in [2.45, 2.75) is 45.1 Å². The lowest BCUT2D eigenvalue weighted by atomic mass is 10.0. The molecule has 0 aliphatic rings. The molecular weight excluding hydrogens is 214 g/mol. The monoisotopic (exact) mass is 237 g/mol. The minimum atomic E-state index is 0.176. The van der Waals surface area contributed by atoms with E-state index in [4.69, 9.17) is 5.73 Å². The van der Waals surface area contributed by atoms with Crippen LogP contribution in [-0.2, 0) is 0 Å². The molecule has 1 unspecified atom stereocenters. The number of nitrogens with two attached hydrogens (primary N) is 1. The van der Waals surface area contributed by atoms with Crippen LogP contribution >= 0.6 is 11.8 Å². The van der Waals surface area contributed by atoms with E-state index in [0.717, 1.165) is 18.1 Å². The Kier molecular flexibility index (Phi) is 5.36. The highest BCUT2D eigenvalue weighted by Crippen LogP contribution is 2.30. The van der Waals surface area contributed by atoms with E-state index in [2.05, 4.69) is 45.9 Å². The quantitative estimate of drug-likeness (QED) is 0.778. The van der Waals surface area contributed by atoms with E-state index in [0.29, 0.717) is 0 Å². The maximum atomic E-state index is 6.16. The Morgan fingerprint density at radius 2 is 2.00 bits per heavy atom. The van der Waals surface area contributed by atoms with Gasteiger partial charge >= 0.3 is 0 Å². The Hall–Kier alpha value is -0.470. The Morgan fingerprint density at radius 1 is 1.31 bits per heavy atom. The molecule has 0 amide bonds. The Labute approximate surface area is 104 Å². The SMILES string of the molecule is CCC(N)c1cc(C)ccc1SCC(C)C. The summed E-state index contributed by atoms with van der Waals surface area (Å²) in [6.07, 6.45) is 0.999. The molecular formula is C14H23NS. The molecule has 0 aliphatic carbocycles. The molecule has 0 fully saturated rings. The second-order valence-corrected chi connectivity index (χ2v) is 5.82. The largest absolute Gasteiger partial charge is 0.324 e. The highest BCUT2D eigenvalue weighted by molar-refractivity contribution is 7.99. The summed E-state index contributed by atoms with van der Waals surface area (Å²) in [6, 6.07) is 6.80. The van der Waals surface area contributed by atoms with Crippen molar-refractivity contribution in [2.24, 2.45) is 11.7 Å². The van der Waals surface area contributed by atoms with E-state index < -0.39 is 0 Å². The minimum absolute atomic E-state index is 0.176. The van der Waals surface area contributed by atoms with Gasteiger partial charge < -0.3 is 5.73 Å². The van der Waals surface area contributed by atoms with E-state index in [1.54, 1.807) is 0 Å². The van der Waals surface area contributed by atoms with Crippen molar-refractivity contribution in [1.82, 2.24) is 0 Å². The highest BCUT2D eigenvalue weighted by Gasteiger charge is 2.10. The maximum absolute atomic E-state index is 6.16.